The average molecular weight is 435 g/mol. The third kappa shape index (κ3) is 5.44. The zero-order chi connectivity index (χ0) is 22.1. The van der Waals surface area contributed by atoms with Gasteiger partial charge in [-0.3, -0.25) is 9.10 Å². The number of nitrogens with zero attached hydrogens (tertiary/aromatic N) is 1. The van der Waals surface area contributed by atoms with Crippen LogP contribution in [0.25, 0.3) is 0 Å². The molecule has 0 bridgehead atoms. The minimum atomic E-state index is -4.09. The van der Waals surface area contributed by atoms with Gasteiger partial charge >= 0.3 is 0 Å². The second-order valence-corrected chi connectivity index (χ2v) is 7.91. The number of methoxy groups -OCH3 is 2. The summed E-state index contributed by atoms with van der Waals surface area (Å²) in [6.45, 7) is 5.70. The lowest BCUT2D eigenvalue weighted by molar-refractivity contribution is -0.119. The van der Waals surface area contributed by atoms with E-state index in [1.807, 2.05) is 6.92 Å². The van der Waals surface area contributed by atoms with Gasteiger partial charge in [0, 0.05) is 12.6 Å². The summed E-state index contributed by atoms with van der Waals surface area (Å²) >= 11 is 0. The van der Waals surface area contributed by atoms with Gasteiger partial charge in [0.05, 0.1) is 31.4 Å². The Morgan fingerprint density at radius 3 is 2.33 bits per heavy atom. The first-order chi connectivity index (χ1) is 14.4. The maximum absolute atomic E-state index is 13.4. The molecule has 2 rings (SSSR count). The number of ether oxygens (including phenoxy) is 3. The van der Waals surface area contributed by atoms with Crippen molar-refractivity contribution in [3.63, 3.8) is 0 Å². The van der Waals surface area contributed by atoms with Crippen molar-refractivity contribution in [1.29, 1.82) is 0 Å². The molecule has 0 aliphatic rings. The largest absolute Gasteiger partial charge is 0.494 e. The zero-order valence-corrected chi connectivity index (χ0v) is 18.1. The monoisotopic (exact) mass is 434 g/mol. The highest BCUT2D eigenvalue weighted by atomic mass is 32.2. The van der Waals surface area contributed by atoms with Crippen molar-refractivity contribution in [2.45, 2.75) is 11.8 Å². The molecule has 8 nitrogen and oxygen atoms in total. The molecule has 162 valence electrons. The molecule has 0 spiro atoms. The second-order valence-electron chi connectivity index (χ2n) is 6.05. The number of carbonyl (C=O) groups is 1. The molecular weight excluding hydrogens is 408 g/mol. The van der Waals surface area contributed by atoms with Crippen LogP contribution in [0, 0.1) is 0 Å². The molecule has 2 aromatic carbocycles. The Labute approximate surface area is 177 Å². The van der Waals surface area contributed by atoms with Gasteiger partial charge in [-0.1, -0.05) is 6.08 Å². The molecule has 0 atom stereocenters. The highest BCUT2D eigenvalue weighted by Crippen LogP contribution is 2.32. The van der Waals surface area contributed by atoms with Crippen molar-refractivity contribution < 1.29 is 27.4 Å². The van der Waals surface area contributed by atoms with E-state index in [-0.39, 0.29) is 17.2 Å². The van der Waals surface area contributed by atoms with Crippen LogP contribution in [0.3, 0.4) is 0 Å². The molecule has 0 fully saturated rings. The van der Waals surface area contributed by atoms with Crippen molar-refractivity contribution in [2.24, 2.45) is 0 Å². The molecule has 0 radical (unpaired) electrons. The predicted molar refractivity (Wildman–Crippen MR) is 115 cm³/mol. The minimum Gasteiger partial charge on any atom is -0.494 e. The van der Waals surface area contributed by atoms with Crippen LogP contribution in [-0.4, -0.2) is 48.2 Å². The van der Waals surface area contributed by atoms with Gasteiger partial charge in [0.2, 0.25) is 5.91 Å². The predicted octanol–water partition coefficient (Wildman–Crippen LogP) is 2.60. The van der Waals surface area contributed by atoms with E-state index in [0.29, 0.717) is 23.8 Å². The number of benzene rings is 2. The van der Waals surface area contributed by atoms with E-state index >= 15 is 0 Å². The molecule has 0 unspecified atom stereocenters. The fraction of sp³-hybridized carbons (Fsp3) is 0.286. The molecule has 0 aliphatic carbocycles. The molecule has 9 heteroatoms. The first-order valence-corrected chi connectivity index (χ1v) is 10.7. The van der Waals surface area contributed by atoms with Crippen LogP contribution >= 0.6 is 0 Å². The summed E-state index contributed by atoms with van der Waals surface area (Å²) in [5.41, 5.74) is 0.321. The SMILES string of the molecule is C=CCNC(=O)CN(c1ccc(OCC)cc1)S(=O)(=O)c1ccc(OC)c(OC)c1. The first-order valence-electron chi connectivity index (χ1n) is 9.22. The quantitative estimate of drug-likeness (QED) is 0.547. The Hall–Kier alpha value is -3.20. The third-order valence-corrected chi connectivity index (χ3v) is 5.88. The average Bonchev–Trinajstić information content (AvgIpc) is 2.76. The van der Waals surface area contributed by atoms with E-state index < -0.39 is 22.5 Å². The molecule has 30 heavy (non-hydrogen) atoms. The van der Waals surface area contributed by atoms with Gasteiger partial charge in [0.1, 0.15) is 12.3 Å². The molecular formula is C21H26N2O6S. The van der Waals surface area contributed by atoms with Crippen molar-refractivity contribution in [1.82, 2.24) is 5.32 Å². The van der Waals surface area contributed by atoms with Crippen LogP contribution in [0.1, 0.15) is 6.92 Å². The van der Waals surface area contributed by atoms with E-state index in [1.54, 1.807) is 24.3 Å². The van der Waals surface area contributed by atoms with Gasteiger partial charge in [-0.15, -0.1) is 6.58 Å². The van der Waals surface area contributed by atoms with Gasteiger partial charge in [0.15, 0.2) is 11.5 Å². The highest BCUT2D eigenvalue weighted by molar-refractivity contribution is 7.92. The summed E-state index contributed by atoms with van der Waals surface area (Å²) in [6, 6.07) is 10.7. The van der Waals surface area contributed by atoms with Gasteiger partial charge in [-0.05, 0) is 43.3 Å². The van der Waals surface area contributed by atoms with Crippen molar-refractivity contribution >= 4 is 21.6 Å². The maximum Gasteiger partial charge on any atom is 0.264 e. The summed E-state index contributed by atoms with van der Waals surface area (Å²) in [6.07, 6.45) is 1.52. The molecule has 0 aliphatic heterocycles. The molecule has 0 heterocycles. The van der Waals surface area contributed by atoms with Crippen LogP contribution in [0.2, 0.25) is 0 Å². The van der Waals surface area contributed by atoms with Crippen molar-refractivity contribution in [3.05, 3.63) is 55.1 Å². The molecule has 2 aromatic rings. The first kappa shape index (κ1) is 23.1. The molecule has 1 N–H and O–H groups in total. The lowest BCUT2D eigenvalue weighted by Crippen LogP contribution is -2.40. The number of amides is 1. The Bertz CT molecular complexity index is 973. The van der Waals surface area contributed by atoms with Gasteiger partial charge in [-0.25, -0.2) is 8.42 Å². The summed E-state index contributed by atoms with van der Waals surface area (Å²) < 4.78 is 43.7. The van der Waals surface area contributed by atoms with Crippen molar-refractivity contribution in [3.8, 4) is 17.2 Å². The fourth-order valence-electron chi connectivity index (χ4n) is 2.67. The minimum absolute atomic E-state index is 0.0365. The zero-order valence-electron chi connectivity index (χ0n) is 17.3. The summed E-state index contributed by atoms with van der Waals surface area (Å²) in [5, 5.41) is 2.60. The Kier molecular flexibility index (Phi) is 8.11. The molecule has 0 aromatic heterocycles. The smallest absolute Gasteiger partial charge is 0.264 e. The second kappa shape index (κ2) is 10.5. The number of sulfonamides is 1. The highest BCUT2D eigenvalue weighted by Gasteiger charge is 2.28. The topological polar surface area (TPSA) is 94.2 Å². The Morgan fingerprint density at radius 2 is 1.77 bits per heavy atom. The van der Waals surface area contributed by atoms with E-state index in [4.69, 9.17) is 14.2 Å². The Morgan fingerprint density at radius 1 is 1.10 bits per heavy atom. The number of anilines is 1. The van der Waals surface area contributed by atoms with Crippen LogP contribution in [0.4, 0.5) is 5.69 Å². The lowest BCUT2D eigenvalue weighted by atomic mass is 10.3. The third-order valence-electron chi connectivity index (χ3n) is 4.11. The van der Waals surface area contributed by atoms with Crippen molar-refractivity contribution in [2.75, 3.05) is 38.2 Å². The number of carbonyl (C=O) groups excluding carboxylic acids is 1. The summed E-state index contributed by atoms with van der Waals surface area (Å²) in [5.74, 6) is 0.794. The van der Waals surface area contributed by atoms with Crippen LogP contribution in [0.5, 0.6) is 17.2 Å². The van der Waals surface area contributed by atoms with Crippen LogP contribution in [-0.2, 0) is 14.8 Å². The van der Waals surface area contributed by atoms with Gasteiger partial charge in [0.25, 0.3) is 10.0 Å². The number of nitrogens with one attached hydrogen (secondary N) is 1. The van der Waals surface area contributed by atoms with Crippen LogP contribution in [0.15, 0.2) is 60.0 Å². The fourth-order valence-corrected chi connectivity index (χ4v) is 4.10. The number of rotatable bonds is 11. The Balaban J connectivity index is 2.48. The number of hydrogen-bond donors (Lipinski definition) is 1. The lowest BCUT2D eigenvalue weighted by Gasteiger charge is -2.24. The normalized spacial score (nSPS) is 10.8. The van der Waals surface area contributed by atoms with E-state index in [2.05, 4.69) is 11.9 Å². The summed E-state index contributed by atoms with van der Waals surface area (Å²) in [4.78, 5) is 12.3. The number of hydrogen-bond acceptors (Lipinski definition) is 6. The van der Waals surface area contributed by atoms with E-state index in [9.17, 15) is 13.2 Å². The van der Waals surface area contributed by atoms with Gasteiger partial charge < -0.3 is 19.5 Å². The standard InChI is InChI=1S/C21H26N2O6S/c1-5-13-22-21(24)15-23(16-7-9-17(10-8-16)29-6-2)30(25,26)18-11-12-19(27-3)20(14-18)28-4/h5,7-12,14H,1,6,13,15H2,2-4H3,(H,22,24). The van der Waals surface area contributed by atoms with Gasteiger partial charge in [-0.2, -0.15) is 0 Å². The summed E-state index contributed by atoms with van der Waals surface area (Å²) in [7, 11) is -1.21. The molecule has 0 saturated carbocycles. The van der Waals surface area contributed by atoms with E-state index in [1.165, 1.54) is 38.5 Å². The molecule has 0 saturated heterocycles. The van der Waals surface area contributed by atoms with Crippen LogP contribution < -0.4 is 23.8 Å². The van der Waals surface area contributed by atoms with E-state index in [0.717, 1.165) is 4.31 Å². The molecule has 1 amide bonds. The maximum atomic E-state index is 13.4.